The first kappa shape index (κ1) is 20.8. The second kappa shape index (κ2) is 9.16. The minimum Gasteiger partial charge on any atom is -0.465 e. The molecule has 8 nitrogen and oxygen atoms in total. The molecular formula is C23H27N5O3. The minimum atomic E-state index is -0.406. The molecule has 0 spiro atoms. The number of hydrogen-bond donors (Lipinski definition) is 2. The number of methoxy groups -OCH3 is 1. The Balaban J connectivity index is 1.41. The van der Waals surface area contributed by atoms with E-state index in [2.05, 4.69) is 20.8 Å². The molecule has 162 valence electrons. The van der Waals surface area contributed by atoms with Gasteiger partial charge >= 0.3 is 12.0 Å². The van der Waals surface area contributed by atoms with E-state index in [-0.39, 0.29) is 11.4 Å². The van der Waals surface area contributed by atoms with E-state index >= 15 is 0 Å². The van der Waals surface area contributed by atoms with Gasteiger partial charge in [0.05, 0.1) is 12.7 Å². The molecule has 0 atom stereocenters. The number of ether oxygens (including phenoxy) is 1. The summed E-state index contributed by atoms with van der Waals surface area (Å²) in [5.41, 5.74) is 1.86. The summed E-state index contributed by atoms with van der Waals surface area (Å²) in [5.74, 6) is 0.523. The van der Waals surface area contributed by atoms with Crippen molar-refractivity contribution in [1.29, 1.82) is 0 Å². The molecule has 2 heterocycles. The molecule has 2 aromatic heterocycles. The van der Waals surface area contributed by atoms with Gasteiger partial charge in [-0.25, -0.2) is 9.59 Å². The normalized spacial score (nSPS) is 15.4. The van der Waals surface area contributed by atoms with Crippen molar-refractivity contribution < 1.29 is 14.3 Å². The van der Waals surface area contributed by atoms with Crippen LogP contribution in [0.5, 0.6) is 0 Å². The highest BCUT2D eigenvalue weighted by Crippen LogP contribution is 2.38. The summed E-state index contributed by atoms with van der Waals surface area (Å²) in [7, 11) is 1.34. The number of esters is 1. The number of carbonyl (C=O) groups is 2. The predicted molar refractivity (Wildman–Crippen MR) is 117 cm³/mol. The number of pyridine rings is 1. The van der Waals surface area contributed by atoms with Gasteiger partial charge in [0.25, 0.3) is 0 Å². The van der Waals surface area contributed by atoms with E-state index in [1.807, 2.05) is 28.8 Å². The monoisotopic (exact) mass is 421 g/mol. The van der Waals surface area contributed by atoms with E-state index in [4.69, 9.17) is 4.74 Å². The summed E-state index contributed by atoms with van der Waals surface area (Å²) in [5, 5.41) is 14.6. The summed E-state index contributed by atoms with van der Waals surface area (Å²) in [6, 6.07) is 12.2. The van der Waals surface area contributed by atoms with Crippen molar-refractivity contribution in [2.45, 2.75) is 38.5 Å². The lowest BCUT2D eigenvalue weighted by Gasteiger charge is -2.37. The Labute approximate surface area is 181 Å². The third kappa shape index (κ3) is 4.84. The number of rotatable bonds is 6. The van der Waals surface area contributed by atoms with Gasteiger partial charge in [0.1, 0.15) is 5.82 Å². The zero-order valence-electron chi connectivity index (χ0n) is 17.6. The van der Waals surface area contributed by atoms with Gasteiger partial charge in [-0.05, 0) is 54.7 Å². The van der Waals surface area contributed by atoms with Crippen molar-refractivity contribution in [3.8, 4) is 0 Å². The molecule has 1 aromatic carbocycles. The Hall–Kier alpha value is -3.42. The molecule has 4 rings (SSSR count). The van der Waals surface area contributed by atoms with Gasteiger partial charge < -0.3 is 15.4 Å². The Kier molecular flexibility index (Phi) is 6.16. The lowest BCUT2D eigenvalue weighted by molar-refractivity contribution is 0.0600. The highest BCUT2D eigenvalue weighted by atomic mass is 16.5. The van der Waals surface area contributed by atoms with E-state index in [0.29, 0.717) is 17.8 Å². The number of hydrogen-bond acceptors (Lipinski definition) is 5. The highest BCUT2D eigenvalue weighted by Gasteiger charge is 2.34. The van der Waals surface area contributed by atoms with Crippen molar-refractivity contribution in [1.82, 2.24) is 19.9 Å². The quantitative estimate of drug-likeness (QED) is 0.590. The molecule has 2 N–H and O–H groups in total. The molecule has 1 aliphatic carbocycles. The molecule has 1 saturated carbocycles. The molecule has 2 amide bonds. The third-order valence-corrected chi connectivity index (χ3v) is 6.02. The van der Waals surface area contributed by atoms with Crippen molar-refractivity contribution in [2.24, 2.45) is 5.41 Å². The van der Waals surface area contributed by atoms with Crippen LogP contribution >= 0.6 is 0 Å². The molecule has 0 unspecified atom stereocenters. The number of fused-ring (bicyclic) bond motifs is 1. The number of aromatic nitrogens is 3. The van der Waals surface area contributed by atoms with Crippen molar-refractivity contribution in [3.63, 3.8) is 0 Å². The topological polar surface area (TPSA) is 97.6 Å². The Morgan fingerprint density at radius 3 is 2.58 bits per heavy atom. The smallest absolute Gasteiger partial charge is 0.337 e. The summed E-state index contributed by atoms with van der Waals surface area (Å²) in [6.45, 7) is 0.570. The number of amides is 2. The third-order valence-electron chi connectivity index (χ3n) is 6.02. The second-order valence-corrected chi connectivity index (χ2v) is 8.16. The minimum absolute atomic E-state index is 0.0386. The number of carbonyl (C=O) groups excluding carboxylic acids is 2. The van der Waals surface area contributed by atoms with Gasteiger partial charge in [0.2, 0.25) is 0 Å². The molecule has 0 bridgehead atoms. The zero-order chi connectivity index (χ0) is 21.7. The van der Waals surface area contributed by atoms with E-state index in [9.17, 15) is 9.59 Å². The van der Waals surface area contributed by atoms with E-state index in [0.717, 1.165) is 43.6 Å². The maximum absolute atomic E-state index is 12.5. The molecule has 31 heavy (non-hydrogen) atoms. The van der Waals surface area contributed by atoms with Gasteiger partial charge in [0, 0.05) is 24.8 Å². The van der Waals surface area contributed by atoms with Gasteiger partial charge in [-0.15, -0.1) is 10.2 Å². The molecule has 8 heteroatoms. The fraction of sp³-hybridized carbons (Fsp3) is 0.391. The van der Waals surface area contributed by atoms with Crippen LogP contribution in [0.2, 0.25) is 0 Å². The first-order chi connectivity index (χ1) is 15.1. The largest absolute Gasteiger partial charge is 0.465 e. The van der Waals surface area contributed by atoms with Crippen LogP contribution in [0.25, 0.3) is 5.65 Å². The van der Waals surface area contributed by atoms with Crippen LogP contribution < -0.4 is 10.6 Å². The molecular weight excluding hydrogens is 394 g/mol. The van der Waals surface area contributed by atoms with Gasteiger partial charge in [-0.1, -0.05) is 25.3 Å². The predicted octanol–water partition coefficient (Wildman–Crippen LogP) is 3.83. The number of nitrogens with zero attached hydrogens (tertiary/aromatic N) is 3. The molecule has 1 aliphatic rings. The first-order valence-electron chi connectivity index (χ1n) is 10.6. The lowest BCUT2D eigenvalue weighted by atomic mass is 9.71. The van der Waals surface area contributed by atoms with Crippen molar-refractivity contribution >= 4 is 23.3 Å². The van der Waals surface area contributed by atoms with Crippen LogP contribution in [-0.2, 0) is 11.2 Å². The highest BCUT2D eigenvalue weighted by molar-refractivity contribution is 5.92. The van der Waals surface area contributed by atoms with Crippen molar-refractivity contribution in [3.05, 3.63) is 60.0 Å². The Bertz CT molecular complexity index is 1050. The molecule has 0 saturated heterocycles. The SMILES string of the molecule is COC(=O)c1ccc(NC(=O)NCC2(Cc3nnc4ccccn34)CCCCC2)cc1. The number of anilines is 1. The molecule has 0 radical (unpaired) electrons. The van der Waals surface area contributed by atoms with E-state index in [1.54, 1.807) is 24.3 Å². The summed E-state index contributed by atoms with van der Waals surface area (Å²) in [6.07, 6.45) is 8.36. The lowest BCUT2D eigenvalue weighted by Crippen LogP contribution is -2.42. The van der Waals surface area contributed by atoms with Gasteiger partial charge in [0.15, 0.2) is 5.65 Å². The van der Waals surface area contributed by atoms with Crippen LogP contribution in [0.3, 0.4) is 0 Å². The van der Waals surface area contributed by atoms with Crippen LogP contribution in [-0.4, -0.2) is 40.3 Å². The van der Waals surface area contributed by atoms with Crippen LogP contribution in [0, 0.1) is 5.41 Å². The van der Waals surface area contributed by atoms with Crippen LogP contribution in [0.4, 0.5) is 10.5 Å². The average molecular weight is 422 g/mol. The Morgan fingerprint density at radius 1 is 1.06 bits per heavy atom. The average Bonchev–Trinajstić information content (AvgIpc) is 3.21. The number of nitrogens with one attached hydrogen (secondary N) is 2. The van der Waals surface area contributed by atoms with Crippen molar-refractivity contribution in [2.75, 3.05) is 19.0 Å². The van der Waals surface area contributed by atoms with E-state index in [1.165, 1.54) is 13.5 Å². The van der Waals surface area contributed by atoms with Gasteiger partial charge in [-0.3, -0.25) is 4.40 Å². The molecule has 1 fully saturated rings. The molecule has 0 aliphatic heterocycles. The summed E-state index contributed by atoms with van der Waals surface area (Å²) >= 11 is 0. The Morgan fingerprint density at radius 2 is 1.84 bits per heavy atom. The van der Waals surface area contributed by atoms with Crippen LogP contribution in [0.15, 0.2) is 48.7 Å². The van der Waals surface area contributed by atoms with E-state index < -0.39 is 5.97 Å². The zero-order valence-corrected chi connectivity index (χ0v) is 17.6. The van der Waals surface area contributed by atoms with Crippen LogP contribution in [0.1, 0.15) is 48.3 Å². The second-order valence-electron chi connectivity index (χ2n) is 8.16. The fourth-order valence-electron chi connectivity index (χ4n) is 4.32. The molecule has 3 aromatic rings. The maximum atomic E-state index is 12.5. The number of urea groups is 1. The summed E-state index contributed by atoms with van der Waals surface area (Å²) in [4.78, 5) is 24.1. The standard InChI is InChI=1S/C23H27N5O3/c1-31-21(29)17-8-10-18(11-9-17)25-22(30)24-16-23(12-4-2-5-13-23)15-20-27-26-19-7-3-6-14-28(19)20/h3,6-11,14H,2,4-5,12-13,15-16H2,1H3,(H2,24,25,30). The maximum Gasteiger partial charge on any atom is 0.337 e. The number of benzene rings is 1. The fourth-order valence-corrected chi connectivity index (χ4v) is 4.32. The van der Waals surface area contributed by atoms with Gasteiger partial charge in [-0.2, -0.15) is 0 Å². The first-order valence-corrected chi connectivity index (χ1v) is 10.6. The summed E-state index contributed by atoms with van der Waals surface area (Å²) < 4.78 is 6.72.